The summed E-state index contributed by atoms with van der Waals surface area (Å²) in [6.45, 7) is 0. The van der Waals surface area contributed by atoms with Crippen molar-refractivity contribution in [1.82, 2.24) is 19.5 Å². The summed E-state index contributed by atoms with van der Waals surface area (Å²) in [6.07, 6.45) is 0. The summed E-state index contributed by atoms with van der Waals surface area (Å²) >= 11 is 0. The third-order valence-electron chi connectivity index (χ3n) is 9.45. The molecular weight excluding hydrogens is 613 g/mol. The molecule has 3 aromatic heterocycles. The molecule has 0 aliphatic heterocycles. The van der Waals surface area contributed by atoms with Crippen LogP contribution >= 0.6 is 0 Å². The van der Waals surface area contributed by atoms with Gasteiger partial charge in [0.05, 0.1) is 11.0 Å². The second-order valence-corrected chi connectivity index (χ2v) is 12.5. The fourth-order valence-electron chi connectivity index (χ4n) is 7.10. The molecule has 0 amide bonds. The lowest BCUT2D eigenvalue weighted by Crippen LogP contribution is -2.00. The topological polar surface area (TPSA) is 56.7 Å². The molecule has 0 radical (unpaired) electrons. The van der Waals surface area contributed by atoms with Crippen LogP contribution in [0.3, 0.4) is 0 Å². The van der Waals surface area contributed by atoms with Gasteiger partial charge in [-0.25, -0.2) is 15.0 Å². The number of benzene rings is 7. The van der Waals surface area contributed by atoms with Gasteiger partial charge < -0.3 is 8.98 Å². The van der Waals surface area contributed by atoms with Crippen LogP contribution in [0.5, 0.6) is 0 Å². The molecule has 50 heavy (non-hydrogen) atoms. The van der Waals surface area contributed by atoms with Crippen molar-refractivity contribution in [2.75, 3.05) is 0 Å². The van der Waals surface area contributed by atoms with Crippen molar-refractivity contribution in [3.05, 3.63) is 170 Å². The first-order valence-corrected chi connectivity index (χ1v) is 16.7. The van der Waals surface area contributed by atoms with Gasteiger partial charge in [0.1, 0.15) is 11.2 Å². The van der Waals surface area contributed by atoms with Gasteiger partial charge in [-0.05, 0) is 54.1 Å². The molecular formula is C45H28N4O. The number of hydrogen-bond donors (Lipinski definition) is 0. The molecule has 0 saturated heterocycles. The summed E-state index contributed by atoms with van der Waals surface area (Å²) < 4.78 is 8.97. The van der Waals surface area contributed by atoms with Gasteiger partial charge in [0.2, 0.25) is 0 Å². The monoisotopic (exact) mass is 640 g/mol. The quantitative estimate of drug-likeness (QED) is 0.188. The number of rotatable bonds is 5. The van der Waals surface area contributed by atoms with E-state index in [2.05, 4.69) is 102 Å². The van der Waals surface area contributed by atoms with Crippen LogP contribution in [0.4, 0.5) is 0 Å². The fourth-order valence-corrected chi connectivity index (χ4v) is 7.10. The Balaban J connectivity index is 1.12. The van der Waals surface area contributed by atoms with E-state index in [0.29, 0.717) is 17.5 Å². The van der Waals surface area contributed by atoms with Crippen molar-refractivity contribution in [3.63, 3.8) is 0 Å². The van der Waals surface area contributed by atoms with Gasteiger partial charge in [-0.3, -0.25) is 0 Å². The highest BCUT2D eigenvalue weighted by atomic mass is 16.3. The first-order valence-electron chi connectivity index (χ1n) is 16.7. The maximum Gasteiger partial charge on any atom is 0.164 e. The van der Waals surface area contributed by atoms with Crippen molar-refractivity contribution in [2.45, 2.75) is 0 Å². The normalized spacial score (nSPS) is 11.6. The molecule has 0 spiro atoms. The van der Waals surface area contributed by atoms with E-state index in [0.717, 1.165) is 55.4 Å². The molecule has 0 aliphatic carbocycles. The molecule has 3 heterocycles. The maximum atomic E-state index is 6.63. The van der Waals surface area contributed by atoms with Crippen LogP contribution in [-0.2, 0) is 0 Å². The number of para-hydroxylation sites is 3. The van der Waals surface area contributed by atoms with Gasteiger partial charge in [-0.15, -0.1) is 0 Å². The second kappa shape index (κ2) is 11.4. The van der Waals surface area contributed by atoms with Gasteiger partial charge in [0.25, 0.3) is 0 Å². The molecule has 234 valence electrons. The van der Waals surface area contributed by atoms with Gasteiger partial charge in [-0.2, -0.15) is 0 Å². The van der Waals surface area contributed by atoms with E-state index in [9.17, 15) is 0 Å². The Morgan fingerprint density at radius 2 is 0.940 bits per heavy atom. The summed E-state index contributed by atoms with van der Waals surface area (Å²) in [6, 6.07) is 58.6. The van der Waals surface area contributed by atoms with Crippen molar-refractivity contribution in [2.24, 2.45) is 0 Å². The zero-order valence-electron chi connectivity index (χ0n) is 26.9. The number of furan rings is 1. The molecule has 10 rings (SSSR count). The molecule has 5 nitrogen and oxygen atoms in total. The fraction of sp³-hybridized carbons (Fsp3) is 0. The lowest BCUT2D eigenvalue weighted by atomic mass is 10.00. The number of nitrogens with zero attached hydrogens (tertiary/aromatic N) is 4. The minimum atomic E-state index is 0.616. The molecule has 7 aromatic carbocycles. The Kier molecular flexibility index (Phi) is 6.42. The van der Waals surface area contributed by atoms with E-state index in [-0.39, 0.29) is 0 Å². The van der Waals surface area contributed by atoms with Gasteiger partial charge in [0.15, 0.2) is 17.5 Å². The molecule has 0 N–H and O–H groups in total. The second-order valence-electron chi connectivity index (χ2n) is 12.5. The summed E-state index contributed by atoms with van der Waals surface area (Å²) in [7, 11) is 0. The van der Waals surface area contributed by atoms with Crippen LogP contribution in [0.1, 0.15) is 0 Å². The Bertz CT molecular complexity index is 2800. The molecule has 0 unspecified atom stereocenters. The smallest absolute Gasteiger partial charge is 0.164 e. The Morgan fingerprint density at radius 1 is 0.380 bits per heavy atom. The summed E-state index contributed by atoms with van der Waals surface area (Å²) in [4.78, 5) is 14.8. The first-order chi connectivity index (χ1) is 24.8. The number of hydrogen-bond acceptors (Lipinski definition) is 4. The van der Waals surface area contributed by atoms with E-state index >= 15 is 0 Å². The van der Waals surface area contributed by atoms with Crippen molar-refractivity contribution >= 4 is 43.7 Å². The van der Waals surface area contributed by atoms with Crippen molar-refractivity contribution in [1.29, 1.82) is 0 Å². The van der Waals surface area contributed by atoms with Crippen molar-refractivity contribution in [3.8, 4) is 51.0 Å². The van der Waals surface area contributed by atoms with E-state index in [1.807, 2.05) is 72.8 Å². The molecule has 0 bridgehead atoms. The van der Waals surface area contributed by atoms with Gasteiger partial charge in [-0.1, -0.05) is 121 Å². The van der Waals surface area contributed by atoms with E-state index < -0.39 is 0 Å². The van der Waals surface area contributed by atoms with Crippen LogP contribution in [0.25, 0.3) is 94.7 Å². The lowest BCUT2D eigenvalue weighted by molar-refractivity contribution is 0.670. The van der Waals surface area contributed by atoms with E-state index in [4.69, 9.17) is 19.4 Å². The first kappa shape index (κ1) is 28.2. The number of fused-ring (bicyclic) bond motifs is 6. The Labute approximate surface area is 287 Å². The number of aromatic nitrogens is 4. The van der Waals surface area contributed by atoms with Crippen LogP contribution in [0.15, 0.2) is 174 Å². The van der Waals surface area contributed by atoms with Crippen LogP contribution < -0.4 is 0 Å². The molecule has 0 aliphatic rings. The molecule has 5 heteroatoms. The molecule has 10 aromatic rings. The highest BCUT2D eigenvalue weighted by Gasteiger charge is 2.18. The maximum absolute atomic E-state index is 6.63. The highest BCUT2D eigenvalue weighted by Crippen LogP contribution is 2.40. The Morgan fingerprint density at radius 3 is 1.66 bits per heavy atom. The summed E-state index contributed by atoms with van der Waals surface area (Å²) in [5, 5.41) is 4.49. The predicted molar refractivity (Wildman–Crippen MR) is 203 cm³/mol. The predicted octanol–water partition coefficient (Wildman–Crippen LogP) is 11.5. The van der Waals surface area contributed by atoms with E-state index in [1.165, 1.54) is 21.8 Å². The third kappa shape index (κ3) is 4.60. The van der Waals surface area contributed by atoms with Crippen LogP contribution in [0.2, 0.25) is 0 Å². The minimum Gasteiger partial charge on any atom is -0.455 e. The third-order valence-corrected chi connectivity index (χ3v) is 9.45. The zero-order chi connectivity index (χ0) is 33.0. The zero-order valence-corrected chi connectivity index (χ0v) is 26.9. The minimum absolute atomic E-state index is 0.616. The highest BCUT2D eigenvalue weighted by molar-refractivity contribution is 6.13. The largest absolute Gasteiger partial charge is 0.455 e. The molecule has 0 fully saturated rings. The van der Waals surface area contributed by atoms with Crippen LogP contribution in [-0.4, -0.2) is 19.5 Å². The lowest BCUT2D eigenvalue weighted by Gasteiger charge is -2.08. The van der Waals surface area contributed by atoms with Crippen LogP contribution in [0, 0.1) is 0 Å². The summed E-state index contributed by atoms with van der Waals surface area (Å²) in [5.74, 6) is 1.89. The average molecular weight is 641 g/mol. The average Bonchev–Trinajstić information content (AvgIpc) is 3.74. The van der Waals surface area contributed by atoms with Crippen molar-refractivity contribution < 1.29 is 4.42 Å². The molecule has 0 saturated carbocycles. The Hall–Kier alpha value is -6.85. The standard InChI is InChI=1S/C45H28N4O/c1-4-13-29(14-5-1)43-46-44(30-15-6-2-7-16-30)48-45(47-43)32-24-26-41-38(28-32)36-21-12-20-34(42(36)50-41)31-23-25-40-37(27-31)35-19-10-11-22-39(35)49(40)33-17-8-3-9-18-33/h1-28H. The van der Waals surface area contributed by atoms with Gasteiger partial charge in [0, 0.05) is 49.5 Å². The SMILES string of the molecule is c1ccc(-c2nc(-c3ccccc3)nc(-c3ccc4oc5c(-c6ccc7c(c6)c6ccccc6n7-c6ccccc6)cccc5c4c3)n2)cc1. The summed E-state index contributed by atoms with van der Waals surface area (Å²) in [5.41, 5.74) is 10.1. The molecule has 0 atom stereocenters. The van der Waals surface area contributed by atoms with Gasteiger partial charge >= 0.3 is 0 Å². The van der Waals surface area contributed by atoms with E-state index in [1.54, 1.807) is 0 Å².